The molecule has 70 valence electrons. The van der Waals surface area contributed by atoms with Crippen molar-refractivity contribution in [3.05, 3.63) is 0 Å². The van der Waals surface area contributed by atoms with E-state index in [9.17, 15) is 0 Å². The van der Waals surface area contributed by atoms with Gasteiger partial charge in [0.15, 0.2) is 0 Å². The number of rotatable bonds is 0. The minimum Gasteiger partial charge on any atom is -0.314 e. The van der Waals surface area contributed by atoms with E-state index in [0.29, 0.717) is 5.54 Å². The van der Waals surface area contributed by atoms with Crippen LogP contribution >= 0.6 is 0 Å². The second-order valence-electron chi connectivity index (χ2n) is 4.57. The molecule has 0 aromatic heterocycles. The van der Waals surface area contributed by atoms with Gasteiger partial charge in [-0.1, -0.05) is 6.92 Å². The molecule has 0 aromatic rings. The third-order valence-electron chi connectivity index (χ3n) is 3.50. The SMILES string of the molecule is CC1CCC2(CC1)CNCCN2. The second kappa shape index (κ2) is 3.35. The molecule has 1 aliphatic heterocycles. The minimum atomic E-state index is 0.477. The average Bonchev–Trinajstić information content (AvgIpc) is 2.13. The van der Waals surface area contributed by atoms with Crippen LogP contribution in [0.5, 0.6) is 0 Å². The first-order valence-electron chi connectivity index (χ1n) is 5.27. The molecule has 1 aliphatic carbocycles. The quantitative estimate of drug-likeness (QED) is 0.566. The number of piperazine rings is 1. The van der Waals surface area contributed by atoms with Crippen molar-refractivity contribution >= 4 is 0 Å². The van der Waals surface area contributed by atoms with Crippen molar-refractivity contribution in [3.8, 4) is 0 Å². The molecular formula is C10H20N2. The van der Waals surface area contributed by atoms with E-state index in [0.717, 1.165) is 19.0 Å². The van der Waals surface area contributed by atoms with Gasteiger partial charge in [-0.25, -0.2) is 0 Å². The van der Waals surface area contributed by atoms with Crippen molar-refractivity contribution in [2.45, 2.75) is 38.1 Å². The summed E-state index contributed by atoms with van der Waals surface area (Å²) in [5.41, 5.74) is 0.477. The third kappa shape index (κ3) is 1.64. The molecule has 0 atom stereocenters. The summed E-state index contributed by atoms with van der Waals surface area (Å²) >= 11 is 0. The Kier molecular flexibility index (Phi) is 2.37. The largest absolute Gasteiger partial charge is 0.314 e. The smallest absolute Gasteiger partial charge is 0.0307 e. The summed E-state index contributed by atoms with van der Waals surface area (Å²) in [6, 6.07) is 0. The van der Waals surface area contributed by atoms with Crippen LogP contribution in [0.25, 0.3) is 0 Å². The van der Waals surface area contributed by atoms with Gasteiger partial charge in [-0.2, -0.15) is 0 Å². The van der Waals surface area contributed by atoms with E-state index in [1.54, 1.807) is 0 Å². The van der Waals surface area contributed by atoms with Gasteiger partial charge in [0.05, 0.1) is 0 Å². The molecule has 12 heavy (non-hydrogen) atoms. The van der Waals surface area contributed by atoms with Gasteiger partial charge in [-0.3, -0.25) is 0 Å². The molecule has 0 amide bonds. The molecule has 0 bridgehead atoms. The first-order chi connectivity index (χ1) is 5.81. The van der Waals surface area contributed by atoms with E-state index in [-0.39, 0.29) is 0 Å². The maximum Gasteiger partial charge on any atom is 0.0307 e. The summed E-state index contributed by atoms with van der Waals surface area (Å²) in [4.78, 5) is 0. The summed E-state index contributed by atoms with van der Waals surface area (Å²) in [6.07, 6.45) is 5.58. The summed E-state index contributed by atoms with van der Waals surface area (Å²) in [6.45, 7) is 5.88. The van der Waals surface area contributed by atoms with E-state index < -0.39 is 0 Å². The molecule has 1 saturated heterocycles. The van der Waals surface area contributed by atoms with Gasteiger partial charge in [0.2, 0.25) is 0 Å². The number of hydrogen-bond acceptors (Lipinski definition) is 2. The molecule has 2 heteroatoms. The van der Waals surface area contributed by atoms with Crippen LogP contribution in [-0.4, -0.2) is 25.2 Å². The molecule has 1 saturated carbocycles. The predicted molar refractivity (Wildman–Crippen MR) is 51.2 cm³/mol. The average molecular weight is 168 g/mol. The van der Waals surface area contributed by atoms with E-state index >= 15 is 0 Å². The lowest BCUT2D eigenvalue weighted by molar-refractivity contribution is 0.171. The van der Waals surface area contributed by atoms with Crippen LogP contribution in [0.2, 0.25) is 0 Å². The van der Waals surface area contributed by atoms with E-state index in [2.05, 4.69) is 17.6 Å². The predicted octanol–water partition coefficient (Wildman–Crippen LogP) is 1.13. The van der Waals surface area contributed by atoms with Crippen molar-refractivity contribution in [1.82, 2.24) is 10.6 Å². The Morgan fingerprint density at radius 3 is 2.50 bits per heavy atom. The van der Waals surface area contributed by atoms with Crippen LogP contribution in [0.15, 0.2) is 0 Å². The number of nitrogens with one attached hydrogen (secondary N) is 2. The summed E-state index contributed by atoms with van der Waals surface area (Å²) < 4.78 is 0. The van der Waals surface area contributed by atoms with Crippen molar-refractivity contribution in [1.29, 1.82) is 0 Å². The fourth-order valence-electron chi connectivity index (χ4n) is 2.47. The lowest BCUT2D eigenvalue weighted by atomic mass is 9.76. The molecule has 2 aliphatic rings. The van der Waals surface area contributed by atoms with Gasteiger partial charge in [-0.05, 0) is 31.6 Å². The summed E-state index contributed by atoms with van der Waals surface area (Å²) in [7, 11) is 0. The van der Waals surface area contributed by atoms with Gasteiger partial charge in [0.25, 0.3) is 0 Å². The Morgan fingerprint density at radius 2 is 1.92 bits per heavy atom. The van der Waals surface area contributed by atoms with Crippen LogP contribution in [0.1, 0.15) is 32.6 Å². The van der Waals surface area contributed by atoms with Crippen LogP contribution in [0.4, 0.5) is 0 Å². The lowest BCUT2D eigenvalue weighted by Crippen LogP contribution is -2.60. The zero-order valence-corrected chi connectivity index (χ0v) is 8.03. The normalized spacial score (nSPS) is 43.2. The Balaban J connectivity index is 1.92. The molecule has 2 N–H and O–H groups in total. The molecule has 0 radical (unpaired) electrons. The Hall–Kier alpha value is -0.0800. The Morgan fingerprint density at radius 1 is 1.17 bits per heavy atom. The van der Waals surface area contributed by atoms with E-state index in [1.807, 2.05) is 0 Å². The molecular weight excluding hydrogens is 148 g/mol. The van der Waals surface area contributed by atoms with Crippen molar-refractivity contribution in [3.63, 3.8) is 0 Å². The lowest BCUT2D eigenvalue weighted by Gasteiger charge is -2.43. The summed E-state index contributed by atoms with van der Waals surface area (Å²) in [5, 5.41) is 7.19. The van der Waals surface area contributed by atoms with Crippen LogP contribution in [-0.2, 0) is 0 Å². The highest BCUT2D eigenvalue weighted by Crippen LogP contribution is 2.31. The van der Waals surface area contributed by atoms with Crippen LogP contribution in [0.3, 0.4) is 0 Å². The fourth-order valence-corrected chi connectivity index (χ4v) is 2.47. The van der Waals surface area contributed by atoms with Gasteiger partial charge >= 0.3 is 0 Å². The molecule has 2 rings (SSSR count). The molecule has 2 fully saturated rings. The zero-order valence-electron chi connectivity index (χ0n) is 8.03. The first kappa shape index (κ1) is 8.52. The zero-order chi connectivity index (χ0) is 8.44. The third-order valence-corrected chi connectivity index (χ3v) is 3.50. The van der Waals surface area contributed by atoms with Gasteiger partial charge in [-0.15, -0.1) is 0 Å². The molecule has 2 nitrogen and oxygen atoms in total. The van der Waals surface area contributed by atoms with Crippen LogP contribution < -0.4 is 10.6 Å². The van der Waals surface area contributed by atoms with Gasteiger partial charge < -0.3 is 10.6 Å². The Bertz CT molecular complexity index is 140. The topological polar surface area (TPSA) is 24.1 Å². The highest BCUT2D eigenvalue weighted by atomic mass is 15.1. The molecule has 1 spiro atoms. The maximum atomic E-state index is 3.69. The minimum absolute atomic E-state index is 0.477. The van der Waals surface area contributed by atoms with Gasteiger partial charge in [0, 0.05) is 25.2 Å². The van der Waals surface area contributed by atoms with E-state index in [4.69, 9.17) is 0 Å². The Labute approximate surface area is 75.1 Å². The van der Waals surface area contributed by atoms with E-state index in [1.165, 1.54) is 32.2 Å². The monoisotopic (exact) mass is 168 g/mol. The first-order valence-corrected chi connectivity index (χ1v) is 5.27. The highest BCUT2D eigenvalue weighted by molar-refractivity contribution is 4.96. The molecule has 0 aromatic carbocycles. The fraction of sp³-hybridized carbons (Fsp3) is 1.00. The summed E-state index contributed by atoms with van der Waals surface area (Å²) in [5.74, 6) is 0.958. The number of hydrogen-bond donors (Lipinski definition) is 2. The molecule has 1 heterocycles. The maximum absolute atomic E-state index is 3.69. The highest BCUT2D eigenvalue weighted by Gasteiger charge is 2.34. The van der Waals surface area contributed by atoms with Crippen molar-refractivity contribution in [2.75, 3.05) is 19.6 Å². The van der Waals surface area contributed by atoms with Crippen molar-refractivity contribution in [2.24, 2.45) is 5.92 Å². The standard InChI is InChI=1S/C10H20N2/c1-9-2-4-10(5-3-9)8-11-6-7-12-10/h9,11-12H,2-8H2,1H3. The molecule has 0 unspecified atom stereocenters. The van der Waals surface area contributed by atoms with Crippen molar-refractivity contribution < 1.29 is 0 Å². The van der Waals surface area contributed by atoms with Gasteiger partial charge in [0.1, 0.15) is 0 Å². The second-order valence-corrected chi connectivity index (χ2v) is 4.57. The van der Waals surface area contributed by atoms with Crippen LogP contribution in [0, 0.1) is 5.92 Å².